The van der Waals surface area contributed by atoms with E-state index in [2.05, 4.69) is 18.3 Å². The molecular formula is C11H20N2. The molecule has 0 aliphatic heterocycles. The van der Waals surface area contributed by atoms with E-state index in [1.807, 2.05) is 6.92 Å². The molecule has 0 aromatic heterocycles. The van der Waals surface area contributed by atoms with Crippen molar-refractivity contribution in [2.24, 2.45) is 0 Å². The summed E-state index contributed by atoms with van der Waals surface area (Å²) in [5.74, 6) is 0. The highest BCUT2D eigenvalue weighted by molar-refractivity contribution is 5.05. The van der Waals surface area contributed by atoms with Crippen LogP contribution in [0.1, 0.15) is 52.4 Å². The van der Waals surface area contributed by atoms with Crippen LogP contribution in [0.4, 0.5) is 0 Å². The Kier molecular flexibility index (Phi) is 3.74. The van der Waals surface area contributed by atoms with Crippen LogP contribution in [-0.2, 0) is 0 Å². The molecule has 13 heavy (non-hydrogen) atoms. The van der Waals surface area contributed by atoms with Crippen LogP contribution in [0.2, 0.25) is 0 Å². The average Bonchev–Trinajstić information content (AvgIpc) is 2.57. The van der Waals surface area contributed by atoms with E-state index >= 15 is 0 Å². The minimum Gasteiger partial charge on any atom is -0.297 e. The highest BCUT2D eigenvalue weighted by Crippen LogP contribution is 2.22. The first-order chi connectivity index (χ1) is 6.20. The second kappa shape index (κ2) is 4.62. The van der Waals surface area contributed by atoms with Gasteiger partial charge in [0.05, 0.1) is 6.07 Å². The Morgan fingerprint density at radius 2 is 2.08 bits per heavy atom. The lowest BCUT2D eigenvalue weighted by molar-refractivity contribution is 0.356. The fraction of sp³-hybridized carbons (Fsp3) is 0.909. The molecule has 1 rings (SSSR count). The SMILES string of the molecule is CCCC(C)(C#N)NC1CCCC1. The Balaban J connectivity index is 2.42. The molecule has 0 amide bonds. The van der Waals surface area contributed by atoms with Crippen LogP contribution in [0.5, 0.6) is 0 Å². The van der Waals surface area contributed by atoms with Crippen LogP contribution in [0.3, 0.4) is 0 Å². The molecule has 1 atom stereocenters. The molecule has 0 saturated heterocycles. The molecule has 0 heterocycles. The molecule has 1 aliphatic carbocycles. The van der Waals surface area contributed by atoms with Gasteiger partial charge >= 0.3 is 0 Å². The normalized spacial score (nSPS) is 22.5. The van der Waals surface area contributed by atoms with Gasteiger partial charge in [-0.05, 0) is 26.2 Å². The quantitative estimate of drug-likeness (QED) is 0.722. The molecule has 1 saturated carbocycles. The van der Waals surface area contributed by atoms with E-state index in [-0.39, 0.29) is 5.54 Å². The predicted molar refractivity (Wildman–Crippen MR) is 54.3 cm³/mol. The average molecular weight is 180 g/mol. The zero-order valence-corrected chi connectivity index (χ0v) is 8.77. The Labute approximate surface area is 81.3 Å². The third-order valence-corrected chi connectivity index (χ3v) is 2.87. The maximum atomic E-state index is 9.06. The number of nitrogens with one attached hydrogen (secondary N) is 1. The molecule has 1 unspecified atom stereocenters. The van der Waals surface area contributed by atoms with E-state index in [0.717, 1.165) is 12.8 Å². The third-order valence-electron chi connectivity index (χ3n) is 2.87. The largest absolute Gasteiger partial charge is 0.297 e. The summed E-state index contributed by atoms with van der Waals surface area (Å²) in [5.41, 5.74) is -0.288. The molecule has 0 bridgehead atoms. The second-order valence-corrected chi connectivity index (χ2v) is 4.32. The van der Waals surface area contributed by atoms with E-state index < -0.39 is 0 Å². The molecule has 0 aromatic carbocycles. The zero-order chi connectivity index (χ0) is 9.73. The van der Waals surface area contributed by atoms with Crippen molar-refractivity contribution in [2.75, 3.05) is 0 Å². The summed E-state index contributed by atoms with van der Waals surface area (Å²) >= 11 is 0. The van der Waals surface area contributed by atoms with Crippen LogP contribution in [0.25, 0.3) is 0 Å². The molecule has 0 spiro atoms. The lowest BCUT2D eigenvalue weighted by Gasteiger charge is -2.26. The van der Waals surface area contributed by atoms with E-state index in [0.29, 0.717) is 6.04 Å². The lowest BCUT2D eigenvalue weighted by atomic mass is 9.96. The van der Waals surface area contributed by atoms with Gasteiger partial charge in [-0.1, -0.05) is 26.2 Å². The van der Waals surface area contributed by atoms with Crippen LogP contribution in [0.15, 0.2) is 0 Å². The molecule has 0 aromatic rings. The van der Waals surface area contributed by atoms with Gasteiger partial charge in [0.25, 0.3) is 0 Å². The first-order valence-corrected chi connectivity index (χ1v) is 5.39. The van der Waals surface area contributed by atoms with Crippen LogP contribution >= 0.6 is 0 Å². The highest BCUT2D eigenvalue weighted by atomic mass is 15.0. The topological polar surface area (TPSA) is 35.8 Å². The lowest BCUT2D eigenvalue weighted by Crippen LogP contribution is -2.46. The van der Waals surface area contributed by atoms with Gasteiger partial charge in [-0.25, -0.2) is 0 Å². The number of nitriles is 1. The van der Waals surface area contributed by atoms with Crippen LogP contribution in [-0.4, -0.2) is 11.6 Å². The Morgan fingerprint density at radius 3 is 2.54 bits per heavy atom. The molecule has 2 nitrogen and oxygen atoms in total. The fourth-order valence-electron chi connectivity index (χ4n) is 2.18. The minimum absolute atomic E-state index is 0.288. The first-order valence-electron chi connectivity index (χ1n) is 5.39. The van der Waals surface area contributed by atoms with Crippen molar-refractivity contribution in [1.29, 1.82) is 5.26 Å². The molecule has 1 fully saturated rings. The number of hydrogen-bond donors (Lipinski definition) is 1. The first kappa shape index (κ1) is 10.5. The molecule has 2 heteroatoms. The standard InChI is InChI=1S/C11H20N2/c1-3-8-11(2,9-12)13-10-6-4-5-7-10/h10,13H,3-8H2,1-2H3. The fourth-order valence-corrected chi connectivity index (χ4v) is 2.18. The summed E-state index contributed by atoms with van der Waals surface area (Å²) in [6.07, 6.45) is 7.18. The Bertz CT molecular complexity index is 189. The minimum atomic E-state index is -0.288. The molecule has 1 aliphatic rings. The maximum Gasteiger partial charge on any atom is 0.104 e. The summed E-state index contributed by atoms with van der Waals surface area (Å²) in [7, 11) is 0. The van der Waals surface area contributed by atoms with Crippen molar-refractivity contribution < 1.29 is 0 Å². The molecule has 0 radical (unpaired) electrons. The van der Waals surface area contributed by atoms with Gasteiger partial charge < -0.3 is 0 Å². The van der Waals surface area contributed by atoms with E-state index in [9.17, 15) is 0 Å². The van der Waals surface area contributed by atoms with E-state index in [4.69, 9.17) is 5.26 Å². The van der Waals surface area contributed by atoms with Crippen molar-refractivity contribution in [3.05, 3.63) is 0 Å². The van der Waals surface area contributed by atoms with Gasteiger partial charge in [0.2, 0.25) is 0 Å². The second-order valence-electron chi connectivity index (χ2n) is 4.32. The van der Waals surface area contributed by atoms with Gasteiger partial charge in [-0.2, -0.15) is 5.26 Å². The number of hydrogen-bond acceptors (Lipinski definition) is 2. The van der Waals surface area contributed by atoms with Crippen molar-refractivity contribution in [3.8, 4) is 6.07 Å². The Hall–Kier alpha value is -0.550. The van der Waals surface area contributed by atoms with Crippen LogP contribution < -0.4 is 5.32 Å². The van der Waals surface area contributed by atoms with Crippen molar-refractivity contribution in [3.63, 3.8) is 0 Å². The monoisotopic (exact) mass is 180 g/mol. The summed E-state index contributed by atoms with van der Waals surface area (Å²) in [6, 6.07) is 2.99. The summed E-state index contributed by atoms with van der Waals surface area (Å²) in [4.78, 5) is 0. The Morgan fingerprint density at radius 1 is 1.46 bits per heavy atom. The maximum absolute atomic E-state index is 9.06. The van der Waals surface area contributed by atoms with Gasteiger partial charge in [-0.3, -0.25) is 5.32 Å². The van der Waals surface area contributed by atoms with Crippen molar-refractivity contribution >= 4 is 0 Å². The highest BCUT2D eigenvalue weighted by Gasteiger charge is 2.27. The summed E-state index contributed by atoms with van der Waals surface area (Å²) in [6.45, 7) is 4.15. The van der Waals surface area contributed by atoms with Gasteiger partial charge in [0, 0.05) is 6.04 Å². The van der Waals surface area contributed by atoms with Gasteiger partial charge in [0.1, 0.15) is 5.54 Å². The van der Waals surface area contributed by atoms with Crippen LogP contribution in [0, 0.1) is 11.3 Å². The van der Waals surface area contributed by atoms with E-state index in [1.54, 1.807) is 0 Å². The number of rotatable bonds is 4. The molecular weight excluding hydrogens is 160 g/mol. The predicted octanol–water partition coefficient (Wildman–Crippen LogP) is 2.60. The third kappa shape index (κ3) is 3.00. The van der Waals surface area contributed by atoms with Crippen molar-refractivity contribution in [2.45, 2.75) is 64.0 Å². The van der Waals surface area contributed by atoms with Gasteiger partial charge in [0.15, 0.2) is 0 Å². The number of nitrogens with zero attached hydrogens (tertiary/aromatic N) is 1. The summed E-state index contributed by atoms with van der Waals surface area (Å²) in [5, 5.41) is 12.5. The van der Waals surface area contributed by atoms with Gasteiger partial charge in [-0.15, -0.1) is 0 Å². The summed E-state index contributed by atoms with van der Waals surface area (Å²) < 4.78 is 0. The van der Waals surface area contributed by atoms with E-state index in [1.165, 1.54) is 25.7 Å². The zero-order valence-electron chi connectivity index (χ0n) is 8.77. The molecule has 1 N–H and O–H groups in total. The smallest absolute Gasteiger partial charge is 0.104 e. The molecule has 74 valence electrons. The van der Waals surface area contributed by atoms with Crippen molar-refractivity contribution in [1.82, 2.24) is 5.32 Å².